The summed E-state index contributed by atoms with van der Waals surface area (Å²) in [6.45, 7) is 7.86. The van der Waals surface area contributed by atoms with E-state index < -0.39 is 12.3 Å². The molecule has 0 heterocycles. The van der Waals surface area contributed by atoms with E-state index in [0.29, 0.717) is 33.2 Å². The van der Waals surface area contributed by atoms with Crippen LogP contribution in [0.3, 0.4) is 0 Å². The normalized spacial score (nSPS) is 12.3. The van der Waals surface area contributed by atoms with Crippen LogP contribution >= 0.6 is 0 Å². The van der Waals surface area contributed by atoms with Gasteiger partial charge in [0.2, 0.25) is 0 Å². The molecule has 0 saturated carbocycles. The van der Waals surface area contributed by atoms with Gasteiger partial charge in [0.15, 0.2) is 0 Å². The molecule has 0 aliphatic carbocycles. The highest BCUT2D eigenvalue weighted by atomic mass is 16.7. The Hall–Kier alpha value is -2.10. The van der Waals surface area contributed by atoms with Crippen molar-refractivity contribution in [1.29, 1.82) is 0 Å². The molecule has 0 rings (SSSR count). The first kappa shape index (κ1) is 48.9. The van der Waals surface area contributed by atoms with Crippen molar-refractivity contribution in [2.24, 2.45) is 0 Å². The van der Waals surface area contributed by atoms with E-state index in [1.54, 1.807) is 0 Å². The summed E-state index contributed by atoms with van der Waals surface area (Å²) in [5, 5.41) is 0. The van der Waals surface area contributed by atoms with Gasteiger partial charge < -0.3 is 33.3 Å². The number of hydrogen-bond donors (Lipinski definition) is 0. The smallest absolute Gasteiger partial charge is 0.434 e. The van der Waals surface area contributed by atoms with Crippen LogP contribution in [0.5, 0.6) is 0 Å². The summed E-state index contributed by atoms with van der Waals surface area (Å²) >= 11 is 0. The monoisotopic (exact) mass is 726 g/mol. The van der Waals surface area contributed by atoms with E-state index in [1.807, 2.05) is 25.1 Å². The van der Waals surface area contributed by atoms with Crippen molar-refractivity contribution in [3.05, 3.63) is 24.3 Å². The molecule has 0 amide bonds. The van der Waals surface area contributed by atoms with E-state index in [2.05, 4.69) is 32.1 Å². The zero-order valence-corrected chi connectivity index (χ0v) is 33.5. The van der Waals surface area contributed by atoms with E-state index >= 15 is 0 Å². The van der Waals surface area contributed by atoms with E-state index in [4.69, 9.17) is 28.4 Å². The Labute approximate surface area is 313 Å². The lowest BCUT2D eigenvalue weighted by Gasteiger charge is -2.18. The van der Waals surface area contributed by atoms with Gasteiger partial charge in [-0.1, -0.05) is 128 Å². The second kappa shape index (κ2) is 40.7. The van der Waals surface area contributed by atoms with Crippen LogP contribution in [0.15, 0.2) is 24.3 Å². The van der Waals surface area contributed by atoms with E-state index in [1.165, 1.54) is 64.2 Å². The molecule has 0 fully saturated rings. The summed E-state index contributed by atoms with van der Waals surface area (Å²) in [5.74, 6) is 0. The van der Waals surface area contributed by atoms with Gasteiger partial charge in [0.1, 0.15) is 26.1 Å². The topological polar surface area (TPSA) is 92.8 Å². The Kier molecular flexibility index (Phi) is 39.0. The van der Waals surface area contributed by atoms with Crippen molar-refractivity contribution < 1.29 is 38.0 Å². The average Bonchev–Trinajstić information content (AvgIpc) is 3.11. The van der Waals surface area contributed by atoms with Crippen LogP contribution in [0.25, 0.3) is 0 Å². The van der Waals surface area contributed by atoms with Crippen LogP contribution < -0.4 is 0 Å². The molecular weight excluding hydrogens is 646 g/mol. The third kappa shape index (κ3) is 40.5. The number of allylic oxidation sites excluding steroid dienone is 2. The molecule has 1 atom stereocenters. The second-order valence-electron chi connectivity index (χ2n) is 13.9. The third-order valence-corrected chi connectivity index (χ3v) is 8.69. The number of unbranched alkanes of at least 4 members (excludes halogenated alkanes) is 18. The molecule has 300 valence electrons. The van der Waals surface area contributed by atoms with Crippen LogP contribution in [-0.2, 0) is 28.4 Å². The van der Waals surface area contributed by atoms with Crippen molar-refractivity contribution in [1.82, 2.24) is 4.90 Å². The second-order valence-corrected chi connectivity index (χ2v) is 13.9. The Morgan fingerprint density at radius 2 is 1.02 bits per heavy atom. The predicted octanol–water partition coefficient (Wildman–Crippen LogP) is 11.7. The summed E-state index contributed by atoms with van der Waals surface area (Å²) in [5.41, 5.74) is 0. The molecule has 0 N–H and O–H groups in total. The van der Waals surface area contributed by atoms with Crippen molar-refractivity contribution in [2.75, 3.05) is 60.5 Å². The molecule has 0 aliphatic heterocycles. The minimum atomic E-state index is -0.588. The lowest BCUT2D eigenvalue weighted by Crippen LogP contribution is -2.23. The maximum atomic E-state index is 12.3. The van der Waals surface area contributed by atoms with Crippen LogP contribution in [0.2, 0.25) is 0 Å². The summed E-state index contributed by atoms with van der Waals surface area (Å²) < 4.78 is 32.4. The van der Waals surface area contributed by atoms with Crippen LogP contribution in [0.1, 0.15) is 168 Å². The Balaban J connectivity index is 3.95. The Bertz CT molecular complexity index is 804. The predicted molar refractivity (Wildman–Crippen MR) is 209 cm³/mol. The SMILES string of the molecule is CCCCCC/C=C\COCOCCCCCCCCC(CCCCCCCCOC(=O)OC/C=C\CCCCCC)OC(=O)OCCN(C)C. The minimum Gasteiger partial charge on any atom is -0.434 e. The van der Waals surface area contributed by atoms with E-state index in [-0.39, 0.29) is 12.7 Å². The molecule has 1 unspecified atom stereocenters. The Morgan fingerprint density at radius 1 is 0.510 bits per heavy atom. The molecular formula is C42H79NO8. The summed E-state index contributed by atoms with van der Waals surface area (Å²) in [4.78, 5) is 26.0. The molecule has 0 aromatic heterocycles. The molecule has 0 aliphatic rings. The fourth-order valence-corrected chi connectivity index (χ4v) is 5.51. The number of likely N-dealkylation sites (N-methyl/N-ethyl adjacent to an activating group) is 1. The number of nitrogens with zero attached hydrogens (tertiary/aromatic N) is 1. The summed E-state index contributed by atoms with van der Waals surface area (Å²) in [6.07, 6.45) is 34.0. The van der Waals surface area contributed by atoms with Crippen LogP contribution in [-0.4, -0.2) is 83.8 Å². The van der Waals surface area contributed by atoms with E-state index in [0.717, 1.165) is 96.5 Å². The largest absolute Gasteiger partial charge is 0.508 e. The quantitative estimate of drug-likeness (QED) is 0.0267. The lowest BCUT2D eigenvalue weighted by molar-refractivity contribution is -0.0449. The average molecular weight is 726 g/mol. The fourth-order valence-electron chi connectivity index (χ4n) is 5.51. The van der Waals surface area contributed by atoms with E-state index in [9.17, 15) is 9.59 Å². The number of carbonyl (C=O) groups is 2. The van der Waals surface area contributed by atoms with Gasteiger partial charge in [-0.3, -0.25) is 0 Å². The first-order chi connectivity index (χ1) is 25.0. The molecule has 0 aromatic carbocycles. The van der Waals surface area contributed by atoms with Crippen LogP contribution in [0.4, 0.5) is 9.59 Å². The first-order valence-corrected chi connectivity index (χ1v) is 20.7. The minimum absolute atomic E-state index is 0.100. The number of rotatable bonds is 38. The van der Waals surface area contributed by atoms with Crippen molar-refractivity contribution in [3.8, 4) is 0 Å². The van der Waals surface area contributed by atoms with Crippen molar-refractivity contribution in [3.63, 3.8) is 0 Å². The molecule has 0 saturated heterocycles. The van der Waals surface area contributed by atoms with Gasteiger partial charge in [-0.25, -0.2) is 9.59 Å². The van der Waals surface area contributed by atoms with Gasteiger partial charge >= 0.3 is 12.3 Å². The molecule has 9 heteroatoms. The number of ether oxygens (including phenoxy) is 6. The maximum absolute atomic E-state index is 12.3. The standard InChI is InChI=1S/C42H79NO8/c1-5-7-9-11-15-21-27-34-46-39-47-35-28-22-17-13-19-25-31-40(51-42(45)50-38-33-43(3)4)32-26-20-14-18-24-30-37-49-41(44)48-36-29-23-16-12-10-8-6-2/h21,23,27,29,40H,5-20,22,24-26,28,30-39H2,1-4H3/b27-21-,29-23-. The van der Waals surface area contributed by atoms with Gasteiger partial charge in [0.25, 0.3) is 0 Å². The van der Waals surface area contributed by atoms with Gasteiger partial charge in [-0.2, -0.15) is 0 Å². The third-order valence-electron chi connectivity index (χ3n) is 8.69. The fraction of sp³-hybridized carbons (Fsp3) is 0.857. The van der Waals surface area contributed by atoms with Gasteiger partial charge in [-0.15, -0.1) is 0 Å². The highest BCUT2D eigenvalue weighted by Gasteiger charge is 2.15. The molecule has 0 aromatic rings. The van der Waals surface area contributed by atoms with Gasteiger partial charge in [-0.05, 0) is 78.3 Å². The molecule has 0 spiro atoms. The van der Waals surface area contributed by atoms with Gasteiger partial charge in [0, 0.05) is 13.2 Å². The molecule has 0 radical (unpaired) electrons. The summed E-state index contributed by atoms with van der Waals surface area (Å²) in [7, 11) is 3.90. The number of carbonyl (C=O) groups excluding carboxylic acids is 2. The highest BCUT2D eigenvalue weighted by molar-refractivity contribution is 5.60. The molecule has 0 bridgehead atoms. The zero-order chi connectivity index (χ0) is 37.3. The first-order valence-electron chi connectivity index (χ1n) is 20.7. The lowest BCUT2D eigenvalue weighted by atomic mass is 10.0. The Morgan fingerprint density at radius 3 is 1.61 bits per heavy atom. The molecule has 9 nitrogen and oxygen atoms in total. The molecule has 51 heavy (non-hydrogen) atoms. The highest BCUT2D eigenvalue weighted by Crippen LogP contribution is 2.18. The van der Waals surface area contributed by atoms with Crippen molar-refractivity contribution >= 4 is 12.3 Å². The summed E-state index contributed by atoms with van der Waals surface area (Å²) in [6, 6.07) is 0. The number of hydrogen-bond acceptors (Lipinski definition) is 9. The van der Waals surface area contributed by atoms with Crippen molar-refractivity contribution in [2.45, 2.75) is 174 Å². The maximum Gasteiger partial charge on any atom is 0.508 e. The van der Waals surface area contributed by atoms with Crippen LogP contribution in [0, 0.1) is 0 Å². The zero-order valence-electron chi connectivity index (χ0n) is 33.5. The van der Waals surface area contributed by atoms with Gasteiger partial charge in [0.05, 0.1) is 13.2 Å².